The fraction of sp³-hybridized carbons (Fsp3) is 0.500. The van der Waals surface area contributed by atoms with Crippen molar-refractivity contribution in [1.29, 1.82) is 0 Å². The normalized spacial score (nSPS) is 10.2. The van der Waals surface area contributed by atoms with Gasteiger partial charge in [-0.3, -0.25) is 0 Å². The SMILES string of the molecule is C=C(C#CC)/C=N\C(=C)N(C)CCN(C)CC. The average molecular weight is 233 g/mol. The van der Waals surface area contributed by atoms with Crippen molar-refractivity contribution in [2.45, 2.75) is 13.8 Å². The quantitative estimate of drug-likeness (QED) is 0.495. The summed E-state index contributed by atoms with van der Waals surface area (Å²) in [7, 11) is 4.08. The van der Waals surface area contributed by atoms with E-state index in [1.807, 2.05) is 11.9 Å². The van der Waals surface area contributed by atoms with E-state index in [4.69, 9.17) is 0 Å². The number of rotatable bonds is 7. The smallest absolute Gasteiger partial charge is 0.121 e. The highest BCUT2D eigenvalue weighted by Gasteiger charge is 2.01. The van der Waals surface area contributed by atoms with Crippen LogP contribution in [0.2, 0.25) is 0 Å². The van der Waals surface area contributed by atoms with Crippen molar-refractivity contribution in [3.8, 4) is 11.8 Å². The van der Waals surface area contributed by atoms with E-state index < -0.39 is 0 Å². The summed E-state index contributed by atoms with van der Waals surface area (Å²) >= 11 is 0. The molecule has 0 aromatic carbocycles. The number of aliphatic imine (C=N–C) groups is 1. The Hall–Kier alpha value is -1.53. The molecule has 0 unspecified atom stereocenters. The highest BCUT2D eigenvalue weighted by Crippen LogP contribution is 2.00. The minimum Gasteiger partial charge on any atom is -0.359 e. The van der Waals surface area contributed by atoms with Gasteiger partial charge in [0.1, 0.15) is 5.82 Å². The minimum absolute atomic E-state index is 0.702. The van der Waals surface area contributed by atoms with Gasteiger partial charge >= 0.3 is 0 Å². The first-order chi connectivity index (χ1) is 8.01. The fourth-order valence-electron chi connectivity index (χ4n) is 1.05. The van der Waals surface area contributed by atoms with Crippen molar-refractivity contribution in [3.05, 3.63) is 24.6 Å². The van der Waals surface area contributed by atoms with E-state index in [0.717, 1.165) is 25.5 Å². The summed E-state index contributed by atoms with van der Waals surface area (Å²) in [6, 6.07) is 0. The molecule has 0 aliphatic rings. The van der Waals surface area contributed by atoms with Crippen molar-refractivity contribution in [3.63, 3.8) is 0 Å². The molecule has 0 aromatic heterocycles. The number of allylic oxidation sites excluding steroid dienone is 1. The Morgan fingerprint density at radius 1 is 1.29 bits per heavy atom. The Kier molecular flexibility index (Phi) is 7.83. The predicted octanol–water partition coefficient (Wildman–Crippen LogP) is 1.99. The second-order valence-electron chi connectivity index (χ2n) is 3.89. The topological polar surface area (TPSA) is 18.8 Å². The number of nitrogens with zero attached hydrogens (tertiary/aromatic N) is 3. The Morgan fingerprint density at radius 3 is 2.47 bits per heavy atom. The first kappa shape index (κ1) is 15.5. The van der Waals surface area contributed by atoms with Gasteiger partial charge in [-0.1, -0.05) is 26.0 Å². The van der Waals surface area contributed by atoms with Crippen LogP contribution in [0.1, 0.15) is 13.8 Å². The molecule has 0 rings (SSSR count). The molecular weight excluding hydrogens is 210 g/mol. The summed E-state index contributed by atoms with van der Waals surface area (Å²) < 4.78 is 0. The summed E-state index contributed by atoms with van der Waals surface area (Å²) in [4.78, 5) is 8.50. The third-order valence-electron chi connectivity index (χ3n) is 2.45. The van der Waals surface area contributed by atoms with Gasteiger partial charge in [0, 0.05) is 31.9 Å². The average Bonchev–Trinajstić information content (AvgIpc) is 2.32. The van der Waals surface area contributed by atoms with Crippen LogP contribution >= 0.6 is 0 Å². The van der Waals surface area contributed by atoms with Crippen molar-refractivity contribution in [2.24, 2.45) is 4.99 Å². The van der Waals surface area contributed by atoms with E-state index in [9.17, 15) is 0 Å². The van der Waals surface area contributed by atoms with Crippen LogP contribution in [0.5, 0.6) is 0 Å². The molecule has 0 radical (unpaired) electrons. The summed E-state index contributed by atoms with van der Waals surface area (Å²) in [5.41, 5.74) is 0.702. The summed E-state index contributed by atoms with van der Waals surface area (Å²) in [6.07, 6.45) is 1.65. The minimum atomic E-state index is 0.702. The maximum atomic E-state index is 4.23. The van der Waals surface area contributed by atoms with Gasteiger partial charge < -0.3 is 9.80 Å². The second-order valence-corrected chi connectivity index (χ2v) is 3.89. The lowest BCUT2D eigenvalue weighted by Gasteiger charge is -2.22. The van der Waals surface area contributed by atoms with Gasteiger partial charge in [0.15, 0.2) is 0 Å². The third kappa shape index (κ3) is 7.37. The lowest BCUT2D eigenvalue weighted by molar-refractivity contribution is 0.296. The van der Waals surface area contributed by atoms with Crippen LogP contribution in [0.3, 0.4) is 0 Å². The molecule has 0 aliphatic carbocycles. The van der Waals surface area contributed by atoms with Gasteiger partial charge in [-0.25, -0.2) is 4.99 Å². The zero-order valence-electron chi connectivity index (χ0n) is 11.5. The third-order valence-corrected chi connectivity index (χ3v) is 2.45. The highest BCUT2D eigenvalue weighted by atomic mass is 15.2. The van der Waals surface area contributed by atoms with E-state index in [1.165, 1.54) is 0 Å². The van der Waals surface area contributed by atoms with Crippen LogP contribution in [0.4, 0.5) is 0 Å². The molecule has 0 amide bonds. The van der Waals surface area contributed by atoms with Crippen LogP contribution in [-0.2, 0) is 0 Å². The predicted molar refractivity (Wildman–Crippen MR) is 76.0 cm³/mol. The summed E-state index contributed by atoms with van der Waals surface area (Å²) in [5, 5.41) is 0. The van der Waals surface area contributed by atoms with Crippen LogP contribution in [0.15, 0.2) is 29.5 Å². The molecule has 3 nitrogen and oxygen atoms in total. The molecule has 0 N–H and O–H groups in total. The molecule has 0 saturated heterocycles. The number of hydrogen-bond acceptors (Lipinski definition) is 3. The first-order valence-electron chi connectivity index (χ1n) is 5.75. The lowest BCUT2D eigenvalue weighted by Crippen LogP contribution is -2.29. The van der Waals surface area contributed by atoms with E-state index >= 15 is 0 Å². The Morgan fingerprint density at radius 2 is 1.94 bits per heavy atom. The highest BCUT2D eigenvalue weighted by molar-refractivity contribution is 5.84. The zero-order valence-corrected chi connectivity index (χ0v) is 11.5. The van der Waals surface area contributed by atoms with Crippen molar-refractivity contribution >= 4 is 6.21 Å². The molecule has 0 atom stereocenters. The molecule has 94 valence electrons. The van der Waals surface area contributed by atoms with E-state index in [2.05, 4.69) is 48.9 Å². The van der Waals surface area contributed by atoms with E-state index in [0.29, 0.717) is 5.57 Å². The van der Waals surface area contributed by atoms with Gasteiger partial charge in [0.05, 0.1) is 0 Å². The molecule has 0 aromatic rings. The molecule has 0 saturated carbocycles. The van der Waals surface area contributed by atoms with Crippen LogP contribution < -0.4 is 0 Å². The van der Waals surface area contributed by atoms with E-state index in [-0.39, 0.29) is 0 Å². The molecule has 3 heteroatoms. The van der Waals surface area contributed by atoms with Crippen molar-refractivity contribution < 1.29 is 0 Å². The molecule has 0 aliphatic heterocycles. The molecule has 17 heavy (non-hydrogen) atoms. The molecule has 0 spiro atoms. The zero-order chi connectivity index (χ0) is 13.3. The van der Waals surface area contributed by atoms with Gasteiger partial charge in [-0.2, -0.15) is 0 Å². The lowest BCUT2D eigenvalue weighted by atomic mass is 10.3. The maximum Gasteiger partial charge on any atom is 0.121 e. The Bertz CT molecular complexity index is 344. The van der Waals surface area contributed by atoms with Crippen LogP contribution in [0, 0.1) is 11.8 Å². The monoisotopic (exact) mass is 233 g/mol. The Balaban J connectivity index is 4.12. The van der Waals surface area contributed by atoms with Crippen LogP contribution in [-0.4, -0.2) is 49.7 Å². The second kappa shape index (κ2) is 8.60. The molecule has 0 heterocycles. The van der Waals surface area contributed by atoms with Crippen molar-refractivity contribution in [2.75, 3.05) is 33.7 Å². The molecular formula is C14H23N3. The molecule has 0 bridgehead atoms. The first-order valence-corrected chi connectivity index (χ1v) is 5.75. The van der Waals surface area contributed by atoms with Crippen LogP contribution in [0.25, 0.3) is 0 Å². The maximum absolute atomic E-state index is 4.23. The standard InChI is InChI=1S/C14H23N3/c1-7-9-13(3)12-15-14(4)17(6)11-10-16(5)8-2/h12H,3-4,8,10-11H2,1-2,5-6H3/b15-12-. The van der Waals surface area contributed by atoms with Gasteiger partial charge in [-0.15, -0.1) is 5.92 Å². The van der Waals surface area contributed by atoms with E-state index in [1.54, 1.807) is 13.1 Å². The fourth-order valence-corrected chi connectivity index (χ4v) is 1.05. The van der Waals surface area contributed by atoms with Gasteiger partial charge in [-0.05, 0) is 20.5 Å². The molecule has 0 fully saturated rings. The number of hydrogen-bond donors (Lipinski definition) is 0. The summed E-state index contributed by atoms with van der Waals surface area (Å²) in [5.74, 6) is 6.35. The summed E-state index contributed by atoms with van der Waals surface area (Å²) in [6.45, 7) is 14.6. The largest absolute Gasteiger partial charge is 0.359 e. The van der Waals surface area contributed by atoms with Gasteiger partial charge in [0.2, 0.25) is 0 Å². The van der Waals surface area contributed by atoms with Crippen molar-refractivity contribution in [1.82, 2.24) is 9.80 Å². The van der Waals surface area contributed by atoms with Gasteiger partial charge in [0.25, 0.3) is 0 Å². The Labute approximate surface area is 106 Å². The number of likely N-dealkylation sites (N-methyl/N-ethyl adjacent to an activating group) is 2.